The van der Waals surface area contributed by atoms with Gasteiger partial charge >= 0.3 is 0 Å². The summed E-state index contributed by atoms with van der Waals surface area (Å²) >= 11 is 0. The highest BCUT2D eigenvalue weighted by atomic mass is 16.6. The number of nitrogens with two attached hydrogens (primary N) is 1. The molecule has 1 aliphatic rings. The van der Waals surface area contributed by atoms with Crippen LogP contribution in [0.1, 0.15) is 40.0 Å². The molecule has 0 radical (unpaired) electrons. The fourth-order valence-electron chi connectivity index (χ4n) is 2.26. The molecule has 0 heterocycles. The van der Waals surface area contributed by atoms with Crippen molar-refractivity contribution in [3.63, 3.8) is 0 Å². The molecule has 2 heteroatoms. The van der Waals surface area contributed by atoms with Crippen LogP contribution in [0.15, 0.2) is 0 Å². The van der Waals surface area contributed by atoms with Crippen LogP contribution in [0.2, 0.25) is 0 Å². The zero-order chi connectivity index (χ0) is 9.19. The molecule has 1 rings (SSSR count). The molecule has 2 N–H and O–H groups in total. The van der Waals surface area contributed by atoms with Crippen molar-refractivity contribution in [2.45, 2.75) is 40.0 Å². The lowest BCUT2D eigenvalue weighted by Crippen LogP contribution is -2.18. The molecule has 72 valence electrons. The van der Waals surface area contributed by atoms with Gasteiger partial charge in [0.2, 0.25) is 0 Å². The van der Waals surface area contributed by atoms with Gasteiger partial charge in [0.15, 0.2) is 0 Å². The molecule has 1 aliphatic carbocycles. The van der Waals surface area contributed by atoms with E-state index < -0.39 is 0 Å². The monoisotopic (exact) mass is 171 g/mol. The average molecular weight is 171 g/mol. The van der Waals surface area contributed by atoms with Crippen LogP contribution < -0.4 is 5.90 Å². The van der Waals surface area contributed by atoms with Crippen molar-refractivity contribution in [2.24, 2.45) is 23.1 Å². The zero-order valence-corrected chi connectivity index (χ0v) is 8.47. The van der Waals surface area contributed by atoms with E-state index in [9.17, 15) is 0 Å². The predicted molar refractivity (Wildman–Crippen MR) is 50.4 cm³/mol. The van der Waals surface area contributed by atoms with Gasteiger partial charge in [-0.15, -0.1) is 0 Å². The van der Waals surface area contributed by atoms with E-state index in [4.69, 9.17) is 5.90 Å². The van der Waals surface area contributed by atoms with Gasteiger partial charge in [-0.3, -0.25) is 0 Å². The Morgan fingerprint density at radius 1 is 1.58 bits per heavy atom. The molecular formula is C10H21NO. The Hall–Kier alpha value is -0.0800. The first-order valence-corrected chi connectivity index (χ1v) is 4.87. The zero-order valence-electron chi connectivity index (χ0n) is 8.47. The van der Waals surface area contributed by atoms with E-state index >= 15 is 0 Å². The van der Waals surface area contributed by atoms with Crippen molar-refractivity contribution in [3.05, 3.63) is 0 Å². The van der Waals surface area contributed by atoms with Crippen molar-refractivity contribution in [3.8, 4) is 0 Å². The van der Waals surface area contributed by atoms with Crippen LogP contribution in [0.5, 0.6) is 0 Å². The maximum Gasteiger partial charge on any atom is 0.0707 e. The van der Waals surface area contributed by atoms with Crippen LogP contribution in [-0.2, 0) is 4.84 Å². The highest BCUT2D eigenvalue weighted by molar-refractivity contribution is 4.84. The summed E-state index contributed by atoms with van der Waals surface area (Å²) < 4.78 is 0. The molecule has 0 spiro atoms. The number of rotatable bonds is 3. The van der Waals surface area contributed by atoms with Gasteiger partial charge in [-0.05, 0) is 36.5 Å². The Kier molecular flexibility index (Phi) is 3.13. The molecule has 12 heavy (non-hydrogen) atoms. The highest BCUT2D eigenvalue weighted by Crippen LogP contribution is 2.43. The van der Waals surface area contributed by atoms with Crippen molar-refractivity contribution in [2.75, 3.05) is 6.61 Å². The van der Waals surface area contributed by atoms with E-state index in [0.717, 1.165) is 5.92 Å². The van der Waals surface area contributed by atoms with Crippen LogP contribution in [0.4, 0.5) is 0 Å². The van der Waals surface area contributed by atoms with Crippen LogP contribution in [-0.4, -0.2) is 6.61 Å². The van der Waals surface area contributed by atoms with Crippen LogP contribution >= 0.6 is 0 Å². The van der Waals surface area contributed by atoms with E-state index in [1.165, 1.54) is 19.3 Å². The maximum absolute atomic E-state index is 5.06. The Bertz CT molecular complexity index is 145. The first-order valence-electron chi connectivity index (χ1n) is 4.87. The third-order valence-corrected chi connectivity index (χ3v) is 3.17. The largest absolute Gasteiger partial charge is 0.304 e. The van der Waals surface area contributed by atoms with Gasteiger partial charge in [0.05, 0.1) is 6.61 Å². The first-order chi connectivity index (χ1) is 5.55. The quantitative estimate of drug-likeness (QED) is 0.661. The normalized spacial score (nSPS) is 30.5. The Labute approximate surface area is 75.4 Å². The van der Waals surface area contributed by atoms with Gasteiger partial charge in [-0.2, -0.15) is 0 Å². The molecule has 0 bridgehead atoms. The lowest BCUT2D eigenvalue weighted by atomic mass is 9.87. The van der Waals surface area contributed by atoms with Gasteiger partial charge < -0.3 is 4.84 Å². The third kappa shape index (κ3) is 2.46. The van der Waals surface area contributed by atoms with E-state index in [1.54, 1.807) is 0 Å². The SMILES string of the molecule is CC(CON)C1CCC(C)(C)C1. The minimum atomic E-state index is 0.549. The summed E-state index contributed by atoms with van der Waals surface area (Å²) in [5.41, 5.74) is 0.549. The van der Waals surface area contributed by atoms with Crippen molar-refractivity contribution in [1.29, 1.82) is 0 Å². The van der Waals surface area contributed by atoms with Crippen molar-refractivity contribution < 1.29 is 4.84 Å². The van der Waals surface area contributed by atoms with E-state index in [-0.39, 0.29) is 0 Å². The lowest BCUT2D eigenvalue weighted by molar-refractivity contribution is 0.0836. The Morgan fingerprint density at radius 2 is 2.25 bits per heavy atom. The molecule has 0 aliphatic heterocycles. The molecule has 1 fully saturated rings. The molecular weight excluding hydrogens is 150 g/mol. The summed E-state index contributed by atoms with van der Waals surface area (Å²) in [6.45, 7) is 7.64. The molecule has 0 amide bonds. The smallest absolute Gasteiger partial charge is 0.0707 e. The van der Waals surface area contributed by atoms with Crippen LogP contribution in [0.25, 0.3) is 0 Å². The Balaban J connectivity index is 2.36. The minimum Gasteiger partial charge on any atom is -0.304 e. The summed E-state index contributed by atoms with van der Waals surface area (Å²) in [7, 11) is 0. The average Bonchev–Trinajstić information content (AvgIpc) is 2.31. The van der Waals surface area contributed by atoms with Crippen LogP contribution in [0.3, 0.4) is 0 Å². The maximum atomic E-state index is 5.06. The molecule has 2 atom stereocenters. The summed E-state index contributed by atoms with van der Waals surface area (Å²) in [6.07, 6.45) is 4.03. The molecule has 0 aromatic rings. The standard InChI is InChI=1S/C10H21NO/c1-8(7-12-11)9-4-5-10(2,3)6-9/h8-9H,4-7,11H2,1-3H3. The summed E-state index contributed by atoms with van der Waals surface area (Å²) in [6, 6.07) is 0. The first kappa shape index (κ1) is 10.0. The van der Waals surface area contributed by atoms with Gasteiger partial charge in [0.25, 0.3) is 0 Å². The molecule has 1 saturated carbocycles. The van der Waals surface area contributed by atoms with Crippen molar-refractivity contribution in [1.82, 2.24) is 0 Å². The summed E-state index contributed by atoms with van der Waals surface area (Å²) in [4.78, 5) is 4.68. The summed E-state index contributed by atoms with van der Waals surface area (Å²) in [5.74, 6) is 6.51. The van der Waals surface area contributed by atoms with Crippen molar-refractivity contribution >= 4 is 0 Å². The molecule has 0 aromatic carbocycles. The van der Waals surface area contributed by atoms with Gasteiger partial charge in [0.1, 0.15) is 0 Å². The molecule has 0 aromatic heterocycles. The fourth-order valence-corrected chi connectivity index (χ4v) is 2.26. The lowest BCUT2D eigenvalue weighted by Gasteiger charge is -2.20. The van der Waals surface area contributed by atoms with E-state index in [1.807, 2.05) is 0 Å². The van der Waals surface area contributed by atoms with Gasteiger partial charge in [0, 0.05) is 0 Å². The molecule has 2 nitrogen and oxygen atoms in total. The second kappa shape index (κ2) is 3.75. The van der Waals surface area contributed by atoms with Gasteiger partial charge in [-0.1, -0.05) is 20.8 Å². The third-order valence-electron chi connectivity index (χ3n) is 3.17. The van der Waals surface area contributed by atoms with E-state index in [2.05, 4.69) is 25.6 Å². The summed E-state index contributed by atoms with van der Waals surface area (Å²) in [5, 5.41) is 0. The van der Waals surface area contributed by atoms with E-state index in [0.29, 0.717) is 17.9 Å². The second-order valence-corrected chi connectivity index (χ2v) is 4.98. The highest BCUT2D eigenvalue weighted by Gasteiger charge is 2.33. The minimum absolute atomic E-state index is 0.549. The molecule has 0 saturated heterocycles. The van der Waals surface area contributed by atoms with Crippen LogP contribution in [0, 0.1) is 17.3 Å². The Morgan fingerprint density at radius 3 is 2.67 bits per heavy atom. The topological polar surface area (TPSA) is 35.2 Å². The molecule has 2 unspecified atom stereocenters. The predicted octanol–water partition coefficient (Wildman–Crippen LogP) is 2.34. The van der Waals surface area contributed by atoms with Gasteiger partial charge in [-0.25, -0.2) is 5.90 Å². The number of hydrogen-bond donors (Lipinski definition) is 1. The second-order valence-electron chi connectivity index (χ2n) is 4.98. The number of hydrogen-bond acceptors (Lipinski definition) is 2. The fraction of sp³-hybridized carbons (Fsp3) is 1.00.